The van der Waals surface area contributed by atoms with Gasteiger partial charge < -0.3 is 14.8 Å². The maximum absolute atomic E-state index is 12.1. The number of cyclic esters (lactones) is 1. The van der Waals surface area contributed by atoms with Crippen molar-refractivity contribution >= 4 is 28.1 Å². The van der Waals surface area contributed by atoms with Crippen LogP contribution in [0.1, 0.15) is 38.8 Å². The fourth-order valence-corrected chi connectivity index (χ4v) is 3.91. The lowest BCUT2D eigenvalue weighted by Gasteiger charge is -2.20. The summed E-state index contributed by atoms with van der Waals surface area (Å²) in [4.78, 5) is 16.7. The summed E-state index contributed by atoms with van der Waals surface area (Å²) in [5, 5.41) is 5.99. The fraction of sp³-hybridized carbons (Fsp3) is 0.444. The highest BCUT2D eigenvalue weighted by molar-refractivity contribution is 7.13. The number of carbonyl (C=O) groups excluding carboxylic acids is 1. The molecule has 5 nitrogen and oxygen atoms in total. The van der Waals surface area contributed by atoms with Gasteiger partial charge in [-0.15, -0.1) is 11.3 Å². The molecule has 1 saturated heterocycles. The first kappa shape index (κ1) is 16.8. The van der Waals surface area contributed by atoms with E-state index >= 15 is 0 Å². The van der Waals surface area contributed by atoms with Crippen LogP contribution in [0.2, 0.25) is 0 Å². The second kappa shape index (κ2) is 6.81. The molecule has 0 amide bonds. The molecule has 1 N–H and O–H groups in total. The number of rotatable bonds is 6. The van der Waals surface area contributed by atoms with E-state index in [1.807, 2.05) is 36.6 Å². The highest BCUT2D eigenvalue weighted by Crippen LogP contribution is 2.42. The largest absolute Gasteiger partial charge is 0.495 e. The van der Waals surface area contributed by atoms with Gasteiger partial charge in [-0.3, -0.25) is 4.79 Å². The Labute approximate surface area is 146 Å². The Morgan fingerprint density at radius 3 is 3.00 bits per heavy atom. The highest BCUT2D eigenvalue weighted by Gasteiger charge is 2.45. The zero-order valence-electron chi connectivity index (χ0n) is 14.2. The molecule has 1 aliphatic rings. The molecule has 0 radical (unpaired) electrons. The van der Waals surface area contributed by atoms with E-state index < -0.39 is 5.60 Å². The van der Waals surface area contributed by atoms with Crippen LogP contribution in [-0.4, -0.2) is 18.1 Å². The van der Waals surface area contributed by atoms with E-state index in [1.165, 1.54) is 11.3 Å². The van der Waals surface area contributed by atoms with Gasteiger partial charge in [-0.25, -0.2) is 4.98 Å². The van der Waals surface area contributed by atoms with Crippen LogP contribution in [0.15, 0.2) is 29.6 Å². The molecular weight excluding hydrogens is 324 g/mol. The maximum Gasteiger partial charge on any atom is 0.310 e. The number of esters is 1. The zero-order chi connectivity index (χ0) is 17.2. The molecule has 2 heterocycles. The summed E-state index contributed by atoms with van der Waals surface area (Å²) in [6.07, 6.45) is 2.54. The third-order valence-electron chi connectivity index (χ3n) is 4.33. The van der Waals surface area contributed by atoms with Gasteiger partial charge in [-0.05, 0) is 25.5 Å². The van der Waals surface area contributed by atoms with Crippen LogP contribution in [-0.2, 0) is 15.1 Å². The van der Waals surface area contributed by atoms with Crippen molar-refractivity contribution in [2.45, 2.75) is 38.7 Å². The molecular formula is C18H22N2O3S. The number of anilines is 2. The quantitative estimate of drug-likeness (QED) is 0.782. The Hall–Kier alpha value is -2.08. The molecule has 128 valence electrons. The van der Waals surface area contributed by atoms with Gasteiger partial charge in [-0.1, -0.05) is 25.5 Å². The number of nitrogens with one attached hydrogen (secondary N) is 1. The van der Waals surface area contributed by atoms with Gasteiger partial charge in [0.05, 0.1) is 24.4 Å². The van der Waals surface area contributed by atoms with E-state index in [0.29, 0.717) is 6.42 Å². The number of para-hydroxylation sites is 2. The van der Waals surface area contributed by atoms with E-state index in [4.69, 9.17) is 9.47 Å². The predicted molar refractivity (Wildman–Crippen MR) is 94.8 cm³/mol. The van der Waals surface area contributed by atoms with Crippen molar-refractivity contribution in [3.63, 3.8) is 0 Å². The lowest BCUT2D eigenvalue weighted by Crippen LogP contribution is -2.21. The molecule has 6 heteroatoms. The summed E-state index contributed by atoms with van der Waals surface area (Å²) >= 11 is 1.50. The van der Waals surface area contributed by atoms with Crippen LogP contribution in [0.25, 0.3) is 0 Å². The Balaban J connectivity index is 1.77. The molecule has 0 spiro atoms. The molecule has 2 aromatic rings. The number of aromatic nitrogens is 1. The topological polar surface area (TPSA) is 60.4 Å². The Morgan fingerprint density at radius 1 is 1.46 bits per heavy atom. The second-order valence-electron chi connectivity index (χ2n) is 6.20. The van der Waals surface area contributed by atoms with Crippen molar-refractivity contribution < 1.29 is 14.3 Å². The van der Waals surface area contributed by atoms with Crippen molar-refractivity contribution in [3.05, 3.63) is 35.3 Å². The summed E-state index contributed by atoms with van der Waals surface area (Å²) in [6.45, 7) is 4.03. The summed E-state index contributed by atoms with van der Waals surface area (Å²) in [5.41, 5.74) is 1.03. The monoisotopic (exact) mass is 346 g/mol. The lowest BCUT2D eigenvalue weighted by molar-refractivity contribution is -0.150. The molecule has 1 aromatic heterocycles. The third kappa shape index (κ3) is 3.24. The minimum absolute atomic E-state index is 0.0210. The van der Waals surface area contributed by atoms with Crippen molar-refractivity contribution in [2.24, 2.45) is 5.92 Å². The van der Waals surface area contributed by atoms with Crippen molar-refractivity contribution in [1.82, 2.24) is 4.98 Å². The molecule has 0 bridgehead atoms. The number of hydrogen-bond donors (Lipinski definition) is 1. The standard InChI is InChI=1S/C18H22N2O3S/c1-4-7-12-10-18(2,23-16(12)21)15-11-24-17(20-15)19-13-8-5-6-9-14(13)22-3/h5-6,8-9,11-12H,4,7,10H2,1-3H3,(H,19,20)/t12-,18-/m0/s1. The van der Waals surface area contributed by atoms with Crippen molar-refractivity contribution in [2.75, 3.05) is 12.4 Å². The normalized spacial score (nSPS) is 23.1. The van der Waals surface area contributed by atoms with Crippen LogP contribution < -0.4 is 10.1 Å². The molecule has 24 heavy (non-hydrogen) atoms. The molecule has 1 aliphatic heterocycles. The van der Waals surface area contributed by atoms with Gasteiger partial charge in [0.25, 0.3) is 0 Å². The van der Waals surface area contributed by atoms with Gasteiger partial charge in [0, 0.05) is 11.8 Å². The molecule has 1 aromatic carbocycles. The number of carbonyl (C=O) groups is 1. The van der Waals surface area contributed by atoms with E-state index in [1.54, 1.807) is 7.11 Å². The van der Waals surface area contributed by atoms with E-state index in [9.17, 15) is 4.79 Å². The lowest BCUT2D eigenvalue weighted by atomic mass is 9.91. The van der Waals surface area contributed by atoms with Crippen LogP contribution in [0.4, 0.5) is 10.8 Å². The fourth-order valence-electron chi connectivity index (χ4n) is 3.06. The SMILES string of the molecule is CCC[C@H]1C[C@@](C)(c2csc(Nc3ccccc3OC)n2)OC1=O. The van der Waals surface area contributed by atoms with Crippen LogP contribution in [0.5, 0.6) is 5.75 Å². The van der Waals surface area contributed by atoms with Gasteiger partial charge in [0.2, 0.25) is 0 Å². The Kier molecular flexibility index (Phi) is 4.76. The average Bonchev–Trinajstić information content (AvgIpc) is 3.14. The zero-order valence-corrected chi connectivity index (χ0v) is 15.0. The van der Waals surface area contributed by atoms with Gasteiger partial charge in [0.15, 0.2) is 10.7 Å². The van der Waals surface area contributed by atoms with Crippen molar-refractivity contribution in [3.8, 4) is 5.75 Å². The first-order chi connectivity index (χ1) is 11.6. The minimum atomic E-state index is -0.631. The van der Waals surface area contributed by atoms with E-state index in [2.05, 4.69) is 17.2 Å². The molecule has 1 fully saturated rings. The smallest absolute Gasteiger partial charge is 0.310 e. The average molecular weight is 346 g/mol. The molecule has 0 saturated carbocycles. The van der Waals surface area contributed by atoms with Crippen molar-refractivity contribution in [1.29, 1.82) is 0 Å². The Bertz CT molecular complexity index is 731. The van der Waals surface area contributed by atoms with Crippen LogP contribution >= 0.6 is 11.3 Å². The summed E-state index contributed by atoms with van der Waals surface area (Å²) in [5.74, 6) is 0.634. The van der Waals surface area contributed by atoms with Crippen LogP contribution in [0.3, 0.4) is 0 Å². The number of benzene rings is 1. The minimum Gasteiger partial charge on any atom is -0.495 e. The van der Waals surface area contributed by atoms with Gasteiger partial charge in [0.1, 0.15) is 5.75 Å². The first-order valence-electron chi connectivity index (χ1n) is 8.14. The molecule has 3 rings (SSSR count). The predicted octanol–water partition coefficient (Wildman–Crippen LogP) is 4.47. The number of methoxy groups -OCH3 is 1. The summed E-state index contributed by atoms with van der Waals surface area (Å²) in [7, 11) is 1.64. The number of nitrogens with zero attached hydrogens (tertiary/aromatic N) is 1. The van der Waals surface area contributed by atoms with Gasteiger partial charge >= 0.3 is 5.97 Å². The number of thiazole rings is 1. The van der Waals surface area contributed by atoms with E-state index in [0.717, 1.165) is 35.1 Å². The van der Waals surface area contributed by atoms with Crippen LogP contribution in [0, 0.1) is 5.92 Å². The molecule has 0 aliphatic carbocycles. The number of ether oxygens (including phenoxy) is 2. The molecule has 2 atom stereocenters. The third-order valence-corrected chi connectivity index (χ3v) is 5.08. The molecule has 0 unspecified atom stereocenters. The summed E-state index contributed by atoms with van der Waals surface area (Å²) in [6, 6.07) is 7.69. The maximum atomic E-state index is 12.1. The second-order valence-corrected chi connectivity index (χ2v) is 7.06. The first-order valence-corrected chi connectivity index (χ1v) is 9.02. The summed E-state index contributed by atoms with van der Waals surface area (Å²) < 4.78 is 11.0. The van der Waals surface area contributed by atoms with Gasteiger partial charge in [-0.2, -0.15) is 0 Å². The number of hydrogen-bond acceptors (Lipinski definition) is 6. The Morgan fingerprint density at radius 2 is 2.25 bits per heavy atom. The van der Waals surface area contributed by atoms with E-state index in [-0.39, 0.29) is 11.9 Å². The highest BCUT2D eigenvalue weighted by atomic mass is 32.1.